The number of carboxylic acids is 1. The molecule has 0 aliphatic carbocycles. The van der Waals surface area contributed by atoms with Gasteiger partial charge in [0.15, 0.2) is 0 Å². The lowest BCUT2D eigenvalue weighted by Crippen LogP contribution is -2.46. The Labute approximate surface area is 106 Å². The third-order valence-corrected chi connectivity index (χ3v) is 2.24. The Bertz CT molecular complexity index is 488. The summed E-state index contributed by atoms with van der Waals surface area (Å²) in [7, 11) is 0. The molecule has 1 atom stereocenters. The number of nitrogens with zero attached hydrogens (tertiary/aromatic N) is 1. The van der Waals surface area contributed by atoms with Crippen molar-refractivity contribution in [3.05, 3.63) is 29.6 Å². The predicted octanol–water partition coefficient (Wildman–Crippen LogP) is 1.53. The maximum atomic E-state index is 12.5. The Morgan fingerprint density at radius 1 is 1.47 bits per heavy atom. The van der Waals surface area contributed by atoms with Crippen LogP contribution in [-0.4, -0.2) is 34.2 Å². The molecule has 1 heterocycles. The number of halogens is 3. The lowest BCUT2D eigenvalue weighted by Gasteiger charge is -2.20. The third kappa shape index (κ3) is 4.57. The highest BCUT2D eigenvalue weighted by Crippen LogP contribution is 2.22. The molecule has 2 N–H and O–H groups in total. The number of carbonyl (C=O) groups is 2. The van der Waals surface area contributed by atoms with Gasteiger partial charge in [0.05, 0.1) is 6.42 Å². The number of nitrogens with one attached hydrogen (secondary N) is 1. The van der Waals surface area contributed by atoms with Gasteiger partial charge in [0.1, 0.15) is 6.04 Å². The molecule has 5 nitrogen and oxygen atoms in total. The molecule has 104 valence electrons. The van der Waals surface area contributed by atoms with Gasteiger partial charge >= 0.3 is 12.1 Å². The second kappa shape index (κ2) is 5.68. The first kappa shape index (κ1) is 14.9. The SMILES string of the molecule is Cc1cc(C(=O)NC(CC(=O)O)C(F)(F)F)ccn1. The van der Waals surface area contributed by atoms with Gasteiger partial charge in [-0.05, 0) is 19.1 Å². The second-order valence-corrected chi connectivity index (χ2v) is 3.85. The summed E-state index contributed by atoms with van der Waals surface area (Å²) >= 11 is 0. The first-order chi connectivity index (χ1) is 8.70. The van der Waals surface area contributed by atoms with Crippen LogP contribution in [-0.2, 0) is 4.79 Å². The van der Waals surface area contributed by atoms with Crippen molar-refractivity contribution in [2.75, 3.05) is 0 Å². The van der Waals surface area contributed by atoms with Crippen molar-refractivity contribution in [2.24, 2.45) is 0 Å². The summed E-state index contributed by atoms with van der Waals surface area (Å²) in [6.07, 6.45) is -4.76. The van der Waals surface area contributed by atoms with Crippen molar-refractivity contribution < 1.29 is 27.9 Å². The van der Waals surface area contributed by atoms with Gasteiger partial charge in [0.2, 0.25) is 0 Å². The van der Waals surface area contributed by atoms with Gasteiger partial charge in [-0.15, -0.1) is 0 Å². The second-order valence-electron chi connectivity index (χ2n) is 3.85. The van der Waals surface area contributed by atoms with E-state index < -0.39 is 30.5 Å². The molecule has 0 aliphatic heterocycles. The Kier molecular flexibility index (Phi) is 4.47. The highest BCUT2D eigenvalue weighted by Gasteiger charge is 2.42. The Morgan fingerprint density at radius 2 is 2.11 bits per heavy atom. The number of carboxylic acid groups (broad SMARTS) is 1. The number of hydrogen-bond donors (Lipinski definition) is 2. The zero-order valence-corrected chi connectivity index (χ0v) is 9.86. The Hall–Kier alpha value is -2.12. The summed E-state index contributed by atoms with van der Waals surface area (Å²) in [5, 5.41) is 10.1. The molecule has 1 unspecified atom stereocenters. The number of hydrogen-bond acceptors (Lipinski definition) is 3. The molecule has 1 aromatic rings. The van der Waals surface area contributed by atoms with E-state index in [9.17, 15) is 22.8 Å². The fourth-order valence-electron chi connectivity index (χ4n) is 1.35. The smallest absolute Gasteiger partial charge is 0.409 e. The monoisotopic (exact) mass is 276 g/mol. The van der Waals surface area contributed by atoms with Crippen molar-refractivity contribution in [1.29, 1.82) is 0 Å². The van der Waals surface area contributed by atoms with Crippen LogP contribution in [0.3, 0.4) is 0 Å². The summed E-state index contributed by atoms with van der Waals surface area (Å²) in [4.78, 5) is 25.8. The third-order valence-electron chi connectivity index (χ3n) is 2.24. The molecular weight excluding hydrogens is 265 g/mol. The van der Waals surface area contributed by atoms with Crippen molar-refractivity contribution in [1.82, 2.24) is 10.3 Å². The molecule has 8 heteroatoms. The highest BCUT2D eigenvalue weighted by molar-refractivity contribution is 5.94. The molecular formula is C11H11F3N2O3. The van der Waals surface area contributed by atoms with Crippen LogP contribution in [0.1, 0.15) is 22.5 Å². The fourth-order valence-corrected chi connectivity index (χ4v) is 1.35. The lowest BCUT2D eigenvalue weighted by molar-refractivity contribution is -0.165. The van der Waals surface area contributed by atoms with Crippen LogP contribution < -0.4 is 5.32 Å². The van der Waals surface area contributed by atoms with E-state index in [1.54, 1.807) is 12.2 Å². The molecule has 0 aliphatic rings. The van der Waals surface area contributed by atoms with Gasteiger partial charge in [0.25, 0.3) is 5.91 Å². The summed E-state index contributed by atoms with van der Waals surface area (Å²) in [6, 6.07) is 0.131. The molecule has 0 bridgehead atoms. The van der Waals surface area contributed by atoms with Crippen LogP contribution >= 0.6 is 0 Å². The molecule has 1 aromatic heterocycles. The number of carbonyl (C=O) groups excluding carboxylic acids is 1. The van der Waals surface area contributed by atoms with E-state index in [-0.39, 0.29) is 5.56 Å². The number of aryl methyl sites for hydroxylation is 1. The maximum absolute atomic E-state index is 12.5. The maximum Gasteiger partial charge on any atom is 0.409 e. The molecule has 0 fully saturated rings. The average molecular weight is 276 g/mol. The minimum Gasteiger partial charge on any atom is -0.481 e. The fraction of sp³-hybridized carbons (Fsp3) is 0.364. The van der Waals surface area contributed by atoms with Gasteiger partial charge in [-0.25, -0.2) is 0 Å². The van der Waals surface area contributed by atoms with E-state index in [0.717, 1.165) is 0 Å². The molecule has 0 radical (unpaired) electrons. The lowest BCUT2D eigenvalue weighted by atomic mass is 10.1. The zero-order valence-electron chi connectivity index (χ0n) is 9.86. The van der Waals surface area contributed by atoms with Gasteiger partial charge in [-0.3, -0.25) is 14.6 Å². The Balaban J connectivity index is 2.85. The van der Waals surface area contributed by atoms with Crippen molar-refractivity contribution in [3.8, 4) is 0 Å². The van der Waals surface area contributed by atoms with E-state index in [1.165, 1.54) is 18.3 Å². The van der Waals surface area contributed by atoms with Crippen LogP contribution in [0.25, 0.3) is 0 Å². The first-order valence-corrected chi connectivity index (χ1v) is 5.22. The largest absolute Gasteiger partial charge is 0.481 e. The van der Waals surface area contributed by atoms with Crippen molar-refractivity contribution in [2.45, 2.75) is 25.6 Å². The quantitative estimate of drug-likeness (QED) is 0.874. The summed E-state index contributed by atoms with van der Waals surface area (Å²) in [5.74, 6) is -2.64. The van der Waals surface area contributed by atoms with Crippen molar-refractivity contribution in [3.63, 3.8) is 0 Å². The van der Waals surface area contributed by atoms with Crippen molar-refractivity contribution >= 4 is 11.9 Å². The molecule has 0 saturated heterocycles. The molecule has 1 rings (SSSR count). The normalized spacial score (nSPS) is 12.8. The van der Waals surface area contributed by atoms with Gasteiger partial charge in [0, 0.05) is 17.5 Å². The first-order valence-electron chi connectivity index (χ1n) is 5.22. The summed E-state index contributed by atoms with van der Waals surface area (Å²) in [5.41, 5.74) is 0.460. The minimum absolute atomic E-state index is 0.00728. The van der Waals surface area contributed by atoms with Gasteiger partial charge < -0.3 is 10.4 Å². The topological polar surface area (TPSA) is 79.3 Å². The van der Waals surface area contributed by atoms with Gasteiger partial charge in [-0.2, -0.15) is 13.2 Å². The minimum atomic E-state index is -4.82. The van der Waals surface area contributed by atoms with E-state index in [0.29, 0.717) is 5.69 Å². The van der Waals surface area contributed by atoms with Gasteiger partial charge in [-0.1, -0.05) is 0 Å². The standard InChI is InChI=1S/C11H11F3N2O3/c1-6-4-7(2-3-15-6)10(19)16-8(5-9(17)18)11(12,13)14/h2-4,8H,5H2,1H3,(H,16,19)(H,17,18). The van der Waals surface area contributed by atoms with Crippen LogP contribution in [0.15, 0.2) is 18.3 Å². The molecule has 0 aromatic carbocycles. The summed E-state index contributed by atoms with van der Waals surface area (Å²) in [6.45, 7) is 1.58. The number of rotatable bonds is 4. The van der Waals surface area contributed by atoms with Crippen LogP contribution in [0.5, 0.6) is 0 Å². The summed E-state index contributed by atoms with van der Waals surface area (Å²) < 4.78 is 37.6. The zero-order chi connectivity index (χ0) is 14.6. The van der Waals surface area contributed by atoms with E-state index in [1.807, 2.05) is 0 Å². The Morgan fingerprint density at radius 3 is 2.58 bits per heavy atom. The van der Waals surface area contributed by atoms with Crippen LogP contribution in [0.2, 0.25) is 0 Å². The number of amides is 1. The number of aromatic nitrogens is 1. The molecule has 19 heavy (non-hydrogen) atoms. The number of aliphatic carboxylic acids is 1. The van der Waals surface area contributed by atoms with Crippen LogP contribution in [0.4, 0.5) is 13.2 Å². The molecule has 1 amide bonds. The highest BCUT2D eigenvalue weighted by atomic mass is 19.4. The molecule has 0 spiro atoms. The van der Waals surface area contributed by atoms with Crippen LogP contribution in [0, 0.1) is 6.92 Å². The van der Waals surface area contributed by atoms with E-state index in [4.69, 9.17) is 5.11 Å². The predicted molar refractivity (Wildman–Crippen MR) is 58.5 cm³/mol. The van der Waals surface area contributed by atoms with E-state index in [2.05, 4.69) is 4.98 Å². The number of pyridine rings is 1. The van der Waals surface area contributed by atoms with E-state index >= 15 is 0 Å². The number of alkyl halides is 3. The average Bonchev–Trinajstić information content (AvgIpc) is 2.26. The molecule has 0 saturated carbocycles.